The molecule has 0 aliphatic carbocycles. The Bertz CT molecular complexity index is 621. The summed E-state index contributed by atoms with van der Waals surface area (Å²) in [6, 6.07) is 7.77. The molecule has 8 heteroatoms. The van der Waals surface area contributed by atoms with Gasteiger partial charge < -0.3 is 15.4 Å². The molecule has 1 aromatic rings. The van der Waals surface area contributed by atoms with E-state index in [1.165, 1.54) is 6.26 Å². The Balaban J connectivity index is 2.29. The summed E-state index contributed by atoms with van der Waals surface area (Å²) in [6.45, 7) is 4.56. The molecule has 1 rings (SSSR count). The highest BCUT2D eigenvalue weighted by Gasteiger charge is 2.01. The number of hydrogen-bond acceptors (Lipinski definition) is 4. The predicted molar refractivity (Wildman–Crippen MR) is 99.7 cm³/mol. The van der Waals surface area contributed by atoms with E-state index in [2.05, 4.69) is 15.6 Å². The highest BCUT2D eigenvalue weighted by molar-refractivity contribution is 7.90. The Morgan fingerprint density at radius 3 is 2.75 bits per heavy atom. The van der Waals surface area contributed by atoms with Gasteiger partial charge in [0, 0.05) is 24.4 Å². The Kier molecular flexibility index (Phi) is 9.75. The second-order valence-electron chi connectivity index (χ2n) is 5.31. The van der Waals surface area contributed by atoms with Crippen LogP contribution in [0.25, 0.3) is 0 Å². The Morgan fingerprint density at radius 1 is 1.29 bits per heavy atom. The van der Waals surface area contributed by atoms with Crippen molar-refractivity contribution in [1.29, 1.82) is 0 Å². The molecule has 0 fully saturated rings. The van der Waals surface area contributed by atoms with Crippen LogP contribution in [0.4, 0.5) is 0 Å². The van der Waals surface area contributed by atoms with Crippen LogP contribution in [0.3, 0.4) is 0 Å². The summed E-state index contributed by atoms with van der Waals surface area (Å²) >= 11 is 5.97. The molecule has 0 spiro atoms. The maximum absolute atomic E-state index is 11.0. The van der Waals surface area contributed by atoms with E-state index in [1.807, 2.05) is 31.2 Å². The van der Waals surface area contributed by atoms with Gasteiger partial charge in [-0.1, -0.05) is 23.7 Å². The van der Waals surface area contributed by atoms with Crippen molar-refractivity contribution in [1.82, 2.24) is 10.6 Å². The summed E-state index contributed by atoms with van der Waals surface area (Å²) in [7, 11) is -2.97. The third-order valence-corrected chi connectivity index (χ3v) is 4.19. The minimum atomic E-state index is -2.97. The lowest BCUT2D eigenvalue weighted by molar-refractivity contribution is 0.157. The number of sulfone groups is 1. The van der Waals surface area contributed by atoms with Crippen molar-refractivity contribution >= 4 is 27.4 Å². The molecule has 1 aromatic carbocycles. The molecule has 24 heavy (non-hydrogen) atoms. The van der Waals surface area contributed by atoms with E-state index in [4.69, 9.17) is 16.3 Å². The number of ether oxygens (including phenoxy) is 1. The van der Waals surface area contributed by atoms with E-state index in [9.17, 15) is 8.42 Å². The first-order valence-electron chi connectivity index (χ1n) is 7.93. The van der Waals surface area contributed by atoms with Crippen molar-refractivity contribution in [3.8, 4) is 0 Å². The number of guanidine groups is 1. The number of rotatable bonds is 10. The smallest absolute Gasteiger partial charge is 0.191 e. The monoisotopic (exact) mass is 375 g/mol. The van der Waals surface area contributed by atoms with E-state index >= 15 is 0 Å². The van der Waals surface area contributed by atoms with Gasteiger partial charge in [-0.15, -0.1) is 0 Å². The second-order valence-corrected chi connectivity index (χ2v) is 8.01. The van der Waals surface area contributed by atoms with Gasteiger partial charge in [0.2, 0.25) is 0 Å². The molecule has 0 saturated heterocycles. The lowest BCUT2D eigenvalue weighted by Crippen LogP contribution is -2.38. The van der Waals surface area contributed by atoms with E-state index in [1.54, 1.807) is 0 Å². The first-order valence-corrected chi connectivity index (χ1v) is 10.4. The largest absolute Gasteiger partial charge is 0.378 e. The highest BCUT2D eigenvalue weighted by Crippen LogP contribution is 2.10. The van der Waals surface area contributed by atoms with Gasteiger partial charge in [0.25, 0.3) is 0 Å². The molecule has 136 valence electrons. The third-order valence-electron chi connectivity index (χ3n) is 3.04. The summed E-state index contributed by atoms with van der Waals surface area (Å²) in [5.41, 5.74) is 1.16. The van der Waals surface area contributed by atoms with Crippen molar-refractivity contribution in [2.75, 3.05) is 44.9 Å². The van der Waals surface area contributed by atoms with Crippen LogP contribution in [-0.4, -0.2) is 59.2 Å². The van der Waals surface area contributed by atoms with Gasteiger partial charge in [0.05, 0.1) is 25.5 Å². The molecule has 0 amide bonds. The van der Waals surface area contributed by atoms with Gasteiger partial charge in [-0.3, -0.25) is 4.99 Å². The van der Waals surface area contributed by atoms with Crippen molar-refractivity contribution in [2.24, 2.45) is 4.99 Å². The van der Waals surface area contributed by atoms with Crippen LogP contribution in [0.5, 0.6) is 0 Å². The molecule has 2 N–H and O–H groups in total. The Labute approximate surface area is 149 Å². The van der Waals surface area contributed by atoms with Gasteiger partial charge in [0.1, 0.15) is 9.84 Å². The first kappa shape index (κ1) is 20.7. The summed E-state index contributed by atoms with van der Waals surface area (Å²) in [6.07, 6.45) is 2.04. The number of nitrogens with one attached hydrogen (secondary N) is 2. The molecule has 0 aliphatic rings. The van der Waals surface area contributed by atoms with Gasteiger partial charge >= 0.3 is 0 Å². The zero-order valence-electron chi connectivity index (χ0n) is 14.2. The fraction of sp³-hybridized carbons (Fsp3) is 0.562. The molecule has 0 unspecified atom stereocenters. The fourth-order valence-electron chi connectivity index (χ4n) is 1.89. The molecular formula is C16H26ClN3O3S. The van der Waals surface area contributed by atoms with Crippen LogP contribution >= 0.6 is 11.6 Å². The van der Waals surface area contributed by atoms with Gasteiger partial charge in [-0.2, -0.15) is 0 Å². The molecular weight excluding hydrogens is 350 g/mol. The molecule has 0 aromatic heterocycles. The number of halogens is 1. The van der Waals surface area contributed by atoms with Gasteiger partial charge in [0.15, 0.2) is 5.96 Å². The normalized spacial score (nSPS) is 12.2. The predicted octanol–water partition coefficient (Wildman–Crippen LogP) is 1.50. The maximum Gasteiger partial charge on any atom is 0.191 e. The number of aliphatic imine (C=N–C) groups is 1. The summed E-state index contributed by atoms with van der Waals surface area (Å²) in [4.78, 5) is 4.39. The summed E-state index contributed by atoms with van der Waals surface area (Å²) in [5.74, 6) is 0.750. The second kappa shape index (κ2) is 11.3. The average Bonchev–Trinajstić information content (AvgIpc) is 2.49. The van der Waals surface area contributed by atoms with E-state index in [0.717, 1.165) is 30.1 Å². The van der Waals surface area contributed by atoms with Gasteiger partial charge in [-0.25, -0.2) is 8.42 Å². The Morgan fingerprint density at radius 2 is 2.08 bits per heavy atom. The molecule has 0 saturated carbocycles. The highest BCUT2D eigenvalue weighted by atomic mass is 35.5. The van der Waals surface area contributed by atoms with E-state index in [-0.39, 0.29) is 12.4 Å². The molecule has 0 aliphatic heterocycles. The van der Waals surface area contributed by atoms with Gasteiger partial charge in [-0.05, 0) is 31.0 Å². The van der Waals surface area contributed by atoms with Crippen molar-refractivity contribution in [3.05, 3.63) is 34.9 Å². The van der Waals surface area contributed by atoms with Crippen molar-refractivity contribution in [3.63, 3.8) is 0 Å². The number of nitrogens with zero attached hydrogens (tertiary/aromatic N) is 1. The van der Waals surface area contributed by atoms with Crippen LogP contribution < -0.4 is 10.6 Å². The Hall–Kier alpha value is -1.31. The SMILES string of the molecule is CCNC(=NCCOCCS(C)(=O)=O)NCCc1cccc(Cl)c1. The number of hydrogen-bond donors (Lipinski definition) is 2. The third kappa shape index (κ3) is 10.5. The zero-order valence-corrected chi connectivity index (χ0v) is 15.8. The quantitative estimate of drug-likeness (QED) is 0.368. The number of benzene rings is 1. The lowest BCUT2D eigenvalue weighted by Gasteiger charge is -2.11. The zero-order chi connectivity index (χ0) is 17.8. The van der Waals surface area contributed by atoms with Crippen molar-refractivity contribution in [2.45, 2.75) is 13.3 Å². The molecule has 0 bridgehead atoms. The van der Waals surface area contributed by atoms with Crippen LogP contribution in [0.1, 0.15) is 12.5 Å². The lowest BCUT2D eigenvalue weighted by atomic mass is 10.1. The first-order chi connectivity index (χ1) is 11.4. The van der Waals surface area contributed by atoms with Crippen LogP contribution in [0.2, 0.25) is 5.02 Å². The summed E-state index contributed by atoms with van der Waals surface area (Å²) < 4.78 is 27.2. The minimum Gasteiger partial charge on any atom is -0.378 e. The average molecular weight is 376 g/mol. The molecule has 0 radical (unpaired) electrons. The van der Waals surface area contributed by atoms with Crippen LogP contribution in [0.15, 0.2) is 29.3 Å². The molecule has 0 atom stereocenters. The summed E-state index contributed by atoms with van der Waals surface area (Å²) in [5, 5.41) is 7.14. The van der Waals surface area contributed by atoms with E-state index in [0.29, 0.717) is 19.1 Å². The molecule has 6 nitrogen and oxygen atoms in total. The van der Waals surface area contributed by atoms with Crippen LogP contribution in [0, 0.1) is 0 Å². The van der Waals surface area contributed by atoms with Crippen molar-refractivity contribution < 1.29 is 13.2 Å². The maximum atomic E-state index is 11.0. The fourth-order valence-corrected chi connectivity index (χ4v) is 2.53. The molecule has 0 heterocycles. The topological polar surface area (TPSA) is 79.8 Å². The standard InChI is InChI=1S/C16H26ClN3O3S/c1-3-18-16(20-9-10-23-11-12-24(2,21)22)19-8-7-14-5-4-6-15(17)13-14/h4-6,13H,3,7-12H2,1-2H3,(H2,18,19,20). The minimum absolute atomic E-state index is 0.0364. The van der Waals surface area contributed by atoms with Crippen LogP contribution in [-0.2, 0) is 21.0 Å². The van der Waals surface area contributed by atoms with E-state index < -0.39 is 9.84 Å².